The summed E-state index contributed by atoms with van der Waals surface area (Å²) in [6, 6.07) is 52.6. The Bertz CT molecular complexity index is 2590. The van der Waals surface area contributed by atoms with Gasteiger partial charge in [-0.25, -0.2) is 9.97 Å². The van der Waals surface area contributed by atoms with Gasteiger partial charge in [-0.1, -0.05) is 147 Å². The molecule has 3 heteroatoms. The van der Waals surface area contributed by atoms with Crippen LogP contribution >= 0.6 is 0 Å². The zero-order valence-corrected chi connectivity index (χ0v) is 28.1. The average molecular weight is 642 g/mol. The second-order valence-electron chi connectivity index (χ2n) is 14.2. The molecule has 0 fully saturated rings. The van der Waals surface area contributed by atoms with E-state index in [0.29, 0.717) is 0 Å². The average Bonchev–Trinajstić information content (AvgIpc) is 3.51. The smallest absolute Gasteiger partial charge is 0.235 e. The fourth-order valence-corrected chi connectivity index (χ4v) is 8.48. The highest BCUT2D eigenvalue weighted by Crippen LogP contribution is 2.48. The summed E-state index contributed by atoms with van der Waals surface area (Å²) in [6.45, 7) is 4.62. The number of aromatic nitrogens is 3. The Morgan fingerprint density at radius 2 is 1.28 bits per heavy atom. The van der Waals surface area contributed by atoms with Crippen LogP contribution < -0.4 is 0 Å². The molecule has 1 atom stereocenters. The van der Waals surface area contributed by atoms with Gasteiger partial charge in [-0.05, 0) is 75.2 Å². The first-order chi connectivity index (χ1) is 24.5. The van der Waals surface area contributed by atoms with Gasteiger partial charge in [0, 0.05) is 27.7 Å². The van der Waals surface area contributed by atoms with E-state index in [1.165, 1.54) is 55.5 Å². The number of benzene rings is 6. The van der Waals surface area contributed by atoms with E-state index >= 15 is 0 Å². The SMILES string of the molecule is CC1(C)c2ccccc2-c2nc(-n3c4c(c5ccccc53)CC(c3cc(-c5ccccc5)cc(-c5ccccc5)c3)C=C4)nc3cccc1c23. The second-order valence-corrected chi connectivity index (χ2v) is 14.2. The maximum absolute atomic E-state index is 5.42. The third-order valence-electron chi connectivity index (χ3n) is 11.0. The van der Waals surface area contributed by atoms with Crippen LogP contribution in [0.4, 0.5) is 0 Å². The summed E-state index contributed by atoms with van der Waals surface area (Å²) in [6.07, 6.45) is 5.60. The van der Waals surface area contributed by atoms with Crippen molar-refractivity contribution in [3.63, 3.8) is 0 Å². The number of allylic oxidation sites excluding steroid dienone is 1. The molecule has 0 saturated carbocycles. The minimum Gasteiger partial charge on any atom is -0.278 e. The molecule has 3 nitrogen and oxygen atoms in total. The predicted octanol–water partition coefficient (Wildman–Crippen LogP) is 11.6. The molecule has 50 heavy (non-hydrogen) atoms. The van der Waals surface area contributed by atoms with E-state index in [1.807, 2.05) is 0 Å². The van der Waals surface area contributed by atoms with E-state index in [1.54, 1.807) is 0 Å². The van der Waals surface area contributed by atoms with Crippen molar-refractivity contribution < 1.29 is 0 Å². The van der Waals surface area contributed by atoms with Crippen LogP contribution in [0.5, 0.6) is 0 Å². The lowest BCUT2D eigenvalue weighted by Crippen LogP contribution is -2.24. The number of hydrogen-bond donors (Lipinski definition) is 0. The third-order valence-corrected chi connectivity index (χ3v) is 11.0. The number of fused-ring (bicyclic) bond motifs is 5. The molecule has 0 N–H and O–H groups in total. The Kier molecular flexibility index (Phi) is 6.35. The van der Waals surface area contributed by atoms with Crippen LogP contribution in [-0.4, -0.2) is 14.5 Å². The molecule has 0 amide bonds. The lowest BCUT2D eigenvalue weighted by atomic mass is 9.70. The van der Waals surface area contributed by atoms with Gasteiger partial charge >= 0.3 is 0 Å². The molecule has 1 unspecified atom stereocenters. The van der Waals surface area contributed by atoms with Crippen LogP contribution in [0.2, 0.25) is 0 Å². The van der Waals surface area contributed by atoms with E-state index in [-0.39, 0.29) is 11.3 Å². The molecular formula is C47H35N3. The number of hydrogen-bond acceptors (Lipinski definition) is 2. The van der Waals surface area contributed by atoms with Crippen molar-refractivity contribution in [2.45, 2.75) is 31.6 Å². The van der Waals surface area contributed by atoms with Crippen LogP contribution in [0.15, 0.2) is 152 Å². The maximum Gasteiger partial charge on any atom is 0.235 e. The molecule has 6 aromatic carbocycles. The van der Waals surface area contributed by atoms with Gasteiger partial charge in [0.25, 0.3) is 0 Å². The first-order valence-electron chi connectivity index (χ1n) is 17.5. The molecule has 0 radical (unpaired) electrons. The minimum absolute atomic E-state index is 0.136. The Labute approximate surface area is 292 Å². The first kappa shape index (κ1) is 28.9. The predicted molar refractivity (Wildman–Crippen MR) is 207 cm³/mol. The van der Waals surface area contributed by atoms with E-state index < -0.39 is 0 Å². The maximum atomic E-state index is 5.42. The van der Waals surface area contributed by atoms with Crippen molar-refractivity contribution in [1.82, 2.24) is 14.5 Å². The monoisotopic (exact) mass is 641 g/mol. The van der Waals surface area contributed by atoms with Crippen molar-refractivity contribution in [3.8, 4) is 39.5 Å². The van der Waals surface area contributed by atoms with E-state index in [4.69, 9.17) is 9.97 Å². The van der Waals surface area contributed by atoms with Crippen molar-refractivity contribution in [2.75, 3.05) is 0 Å². The summed E-state index contributed by atoms with van der Waals surface area (Å²) in [7, 11) is 0. The standard InChI is InChI=1S/C47H35N3/c1-47(2)39-20-11-9-19-37(39)45-44-40(47)21-13-22-41(44)48-46(49-45)50-42-23-12-10-18-36(42)38-29-32(24-25-43(38)50)35-27-33(30-14-5-3-6-15-30)26-34(28-35)31-16-7-4-8-17-31/h3-28,32H,29H2,1-2H3. The fraction of sp³-hybridized carbons (Fsp3) is 0.106. The molecule has 0 bridgehead atoms. The Hall–Kier alpha value is -6.06. The van der Waals surface area contributed by atoms with Crippen LogP contribution in [0.3, 0.4) is 0 Å². The van der Waals surface area contributed by atoms with E-state index in [2.05, 4.69) is 176 Å². The van der Waals surface area contributed by atoms with E-state index in [0.717, 1.165) is 40.2 Å². The largest absolute Gasteiger partial charge is 0.278 e. The topological polar surface area (TPSA) is 30.7 Å². The van der Waals surface area contributed by atoms with Gasteiger partial charge in [0.1, 0.15) is 0 Å². The molecule has 0 saturated heterocycles. The zero-order valence-electron chi connectivity index (χ0n) is 28.1. The minimum atomic E-state index is -0.136. The highest BCUT2D eigenvalue weighted by Gasteiger charge is 2.35. The summed E-state index contributed by atoms with van der Waals surface area (Å²) in [5, 5.41) is 2.42. The van der Waals surface area contributed by atoms with Gasteiger partial charge in [0.15, 0.2) is 0 Å². The molecule has 10 rings (SSSR count). The van der Waals surface area contributed by atoms with Crippen molar-refractivity contribution in [2.24, 2.45) is 0 Å². The van der Waals surface area contributed by atoms with Crippen LogP contribution in [0.25, 0.3) is 67.3 Å². The van der Waals surface area contributed by atoms with Gasteiger partial charge in [0.05, 0.1) is 22.4 Å². The van der Waals surface area contributed by atoms with Gasteiger partial charge < -0.3 is 0 Å². The highest BCUT2D eigenvalue weighted by molar-refractivity contribution is 6.00. The summed E-state index contributed by atoms with van der Waals surface area (Å²) in [5.41, 5.74) is 15.6. The fourth-order valence-electron chi connectivity index (χ4n) is 8.48. The molecule has 8 aromatic rings. The Morgan fingerprint density at radius 1 is 0.620 bits per heavy atom. The van der Waals surface area contributed by atoms with Crippen molar-refractivity contribution in [3.05, 3.63) is 180 Å². The molecule has 2 aliphatic rings. The Balaban J connectivity index is 1.14. The summed E-state index contributed by atoms with van der Waals surface area (Å²) in [4.78, 5) is 10.7. The molecule has 238 valence electrons. The summed E-state index contributed by atoms with van der Waals surface area (Å²) >= 11 is 0. The number of nitrogens with zero attached hydrogens (tertiary/aromatic N) is 3. The third kappa shape index (κ3) is 4.36. The number of para-hydroxylation sites is 1. The first-order valence-corrected chi connectivity index (χ1v) is 17.5. The zero-order chi connectivity index (χ0) is 33.4. The summed E-state index contributed by atoms with van der Waals surface area (Å²) in [5.74, 6) is 0.945. The molecule has 2 heterocycles. The van der Waals surface area contributed by atoms with E-state index in [9.17, 15) is 0 Å². The van der Waals surface area contributed by atoms with Gasteiger partial charge in [0.2, 0.25) is 5.95 Å². The normalized spacial score (nSPS) is 15.6. The van der Waals surface area contributed by atoms with Crippen LogP contribution in [0.1, 0.15) is 47.7 Å². The molecule has 0 aliphatic heterocycles. The van der Waals surface area contributed by atoms with Crippen molar-refractivity contribution in [1.29, 1.82) is 0 Å². The quantitative estimate of drug-likeness (QED) is 0.191. The van der Waals surface area contributed by atoms with Gasteiger partial charge in [-0.3, -0.25) is 4.57 Å². The molecule has 0 spiro atoms. The molecular weight excluding hydrogens is 607 g/mol. The van der Waals surface area contributed by atoms with Gasteiger partial charge in [-0.2, -0.15) is 0 Å². The van der Waals surface area contributed by atoms with Crippen molar-refractivity contribution >= 4 is 27.9 Å². The second kappa shape index (κ2) is 11.0. The lowest BCUT2D eigenvalue weighted by Gasteiger charge is -2.34. The van der Waals surface area contributed by atoms with Crippen LogP contribution in [0, 0.1) is 0 Å². The molecule has 2 aliphatic carbocycles. The van der Waals surface area contributed by atoms with Gasteiger partial charge in [-0.15, -0.1) is 0 Å². The number of rotatable bonds is 4. The summed E-state index contributed by atoms with van der Waals surface area (Å²) < 4.78 is 2.29. The van der Waals surface area contributed by atoms with Crippen LogP contribution in [-0.2, 0) is 11.8 Å². The highest BCUT2D eigenvalue weighted by atomic mass is 15.2. The lowest BCUT2D eigenvalue weighted by molar-refractivity contribution is 0.643. The Morgan fingerprint density at radius 3 is 2.04 bits per heavy atom. The molecule has 2 aromatic heterocycles.